The van der Waals surface area contributed by atoms with Crippen molar-refractivity contribution in [1.29, 1.82) is 0 Å². The molecule has 1 heterocycles. The Hall–Kier alpha value is -2.32. The minimum absolute atomic E-state index is 0.231. The van der Waals surface area contributed by atoms with Gasteiger partial charge < -0.3 is 15.1 Å². The minimum Gasteiger partial charge on any atom is -0.467 e. The lowest BCUT2D eigenvalue weighted by Gasteiger charge is -2.21. The summed E-state index contributed by atoms with van der Waals surface area (Å²) in [5.41, 5.74) is 0.0683. The number of nitrogens with zero attached hydrogens (tertiary/aromatic N) is 1. The maximum Gasteiger partial charge on any atom is 0.241 e. The van der Waals surface area contributed by atoms with E-state index in [1.807, 2.05) is 45.9 Å². The van der Waals surface area contributed by atoms with Crippen LogP contribution in [0.1, 0.15) is 39.0 Å². The Morgan fingerprint density at radius 3 is 2.48 bits per heavy atom. The van der Waals surface area contributed by atoms with Crippen LogP contribution in [0.5, 0.6) is 0 Å². The molecule has 0 saturated heterocycles. The number of rotatable bonds is 7. The summed E-state index contributed by atoms with van der Waals surface area (Å²) in [6.45, 7) is 8.82. The average Bonchev–Trinajstić information content (AvgIpc) is 3.09. The molecule has 27 heavy (non-hydrogen) atoms. The molecule has 148 valence electrons. The number of furan rings is 1. The van der Waals surface area contributed by atoms with Gasteiger partial charge in [0.1, 0.15) is 5.76 Å². The number of sulfonamides is 1. The fourth-order valence-electron chi connectivity index (χ4n) is 2.44. The van der Waals surface area contributed by atoms with Crippen molar-refractivity contribution in [2.75, 3.05) is 6.54 Å². The third-order valence-corrected chi connectivity index (χ3v) is 5.32. The van der Waals surface area contributed by atoms with Gasteiger partial charge in [-0.2, -0.15) is 0 Å². The summed E-state index contributed by atoms with van der Waals surface area (Å²) in [7, 11) is -3.63. The summed E-state index contributed by atoms with van der Waals surface area (Å²) in [4.78, 5) is 4.76. The lowest BCUT2D eigenvalue weighted by atomic mass is 10.1. The van der Waals surface area contributed by atoms with Crippen molar-refractivity contribution < 1.29 is 12.8 Å². The van der Waals surface area contributed by atoms with E-state index in [9.17, 15) is 8.42 Å². The Labute approximate surface area is 161 Å². The largest absolute Gasteiger partial charge is 0.467 e. The second kappa shape index (κ2) is 9.05. The smallest absolute Gasteiger partial charge is 0.241 e. The van der Waals surface area contributed by atoms with Crippen molar-refractivity contribution in [3.05, 3.63) is 54.0 Å². The van der Waals surface area contributed by atoms with E-state index in [2.05, 4.69) is 20.3 Å². The number of hydrogen-bond donors (Lipinski definition) is 3. The van der Waals surface area contributed by atoms with Crippen molar-refractivity contribution >= 4 is 16.0 Å². The lowest BCUT2D eigenvalue weighted by Crippen LogP contribution is -2.40. The predicted octanol–water partition coefficient (Wildman–Crippen LogP) is 2.61. The van der Waals surface area contributed by atoms with Gasteiger partial charge in [0.25, 0.3) is 0 Å². The molecule has 7 nitrogen and oxygen atoms in total. The fraction of sp³-hybridized carbons (Fsp3) is 0.421. The number of hydrogen-bond acceptors (Lipinski definition) is 4. The summed E-state index contributed by atoms with van der Waals surface area (Å²) < 4.78 is 33.4. The van der Waals surface area contributed by atoms with E-state index in [0.29, 0.717) is 24.6 Å². The van der Waals surface area contributed by atoms with Crippen LogP contribution in [0, 0.1) is 0 Å². The van der Waals surface area contributed by atoms with Gasteiger partial charge in [0.2, 0.25) is 10.0 Å². The highest BCUT2D eigenvalue weighted by Crippen LogP contribution is 2.18. The molecular formula is C19H28N4O3S. The zero-order chi connectivity index (χ0) is 19.9. The van der Waals surface area contributed by atoms with Crippen molar-refractivity contribution in [3.8, 4) is 0 Å². The van der Waals surface area contributed by atoms with Gasteiger partial charge in [0, 0.05) is 12.1 Å². The van der Waals surface area contributed by atoms with Crippen LogP contribution in [0.2, 0.25) is 0 Å². The highest BCUT2D eigenvalue weighted by atomic mass is 32.2. The molecule has 0 bridgehead atoms. The number of guanidine groups is 1. The maximum atomic E-state index is 12.7. The first-order valence-corrected chi connectivity index (χ1v) is 10.4. The van der Waals surface area contributed by atoms with Gasteiger partial charge in [-0.3, -0.25) is 0 Å². The predicted molar refractivity (Wildman–Crippen MR) is 107 cm³/mol. The first kappa shape index (κ1) is 21.0. The fourth-order valence-corrected chi connectivity index (χ4v) is 4.10. The molecule has 0 fully saturated rings. The number of benzene rings is 1. The van der Waals surface area contributed by atoms with Crippen LogP contribution in [0.25, 0.3) is 0 Å². The Balaban J connectivity index is 2.18. The summed E-state index contributed by atoms with van der Waals surface area (Å²) in [6.07, 6.45) is 1.62. The molecule has 2 aromatic rings. The van der Waals surface area contributed by atoms with Gasteiger partial charge in [-0.05, 0) is 51.5 Å². The molecule has 0 amide bonds. The number of nitrogens with one attached hydrogen (secondary N) is 3. The van der Waals surface area contributed by atoms with Crippen molar-refractivity contribution in [1.82, 2.24) is 15.4 Å². The highest BCUT2D eigenvalue weighted by molar-refractivity contribution is 7.89. The summed E-state index contributed by atoms with van der Waals surface area (Å²) in [5, 5.41) is 6.31. The Bertz CT molecular complexity index is 853. The van der Waals surface area contributed by atoms with Crippen LogP contribution < -0.4 is 15.4 Å². The van der Waals surface area contributed by atoms with Gasteiger partial charge in [0.15, 0.2) is 5.96 Å². The third kappa shape index (κ3) is 6.73. The van der Waals surface area contributed by atoms with Crippen LogP contribution in [0.4, 0.5) is 0 Å². The molecule has 0 radical (unpaired) electrons. The van der Waals surface area contributed by atoms with Crippen molar-refractivity contribution in [2.45, 2.75) is 51.2 Å². The monoisotopic (exact) mass is 392 g/mol. The van der Waals surface area contributed by atoms with E-state index in [4.69, 9.17) is 4.42 Å². The minimum atomic E-state index is -3.63. The highest BCUT2D eigenvalue weighted by Gasteiger charge is 2.24. The Morgan fingerprint density at radius 1 is 1.11 bits per heavy atom. The molecule has 0 atom stereocenters. The van der Waals surface area contributed by atoms with Gasteiger partial charge in [-0.25, -0.2) is 18.1 Å². The van der Waals surface area contributed by atoms with E-state index in [0.717, 1.165) is 5.76 Å². The molecule has 8 heteroatoms. The van der Waals surface area contributed by atoms with E-state index >= 15 is 0 Å². The Morgan fingerprint density at radius 2 is 1.85 bits per heavy atom. The van der Waals surface area contributed by atoms with E-state index in [1.54, 1.807) is 24.5 Å². The van der Waals surface area contributed by atoms with Gasteiger partial charge >= 0.3 is 0 Å². The van der Waals surface area contributed by atoms with Crippen LogP contribution >= 0.6 is 0 Å². The third-order valence-electron chi connectivity index (χ3n) is 3.46. The van der Waals surface area contributed by atoms with Crippen molar-refractivity contribution in [3.63, 3.8) is 0 Å². The molecule has 0 unspecified atom stereocenters. The quantitative estimate of drug-likeness (QED) is 0.497. The summed E-state index contributed by atoms with van der Waals surface area (Å²) in [6, 6.07) is 10.6. The topological polar surface area (TPSA) is 95.7 Å². The molecule has 0 spiro atoms. The summed E-state index contributed by atoms with van der Waals surface area (Å²) in [5.74, 6) is 1.38. The van der Waals surface area contributed by atoms with E-state index in [-0.39, 0.29) is 11.4 Å². The van der Waals surface area contributed by atoms with Gasteiger partial charge in [0.05, 0.1) is 24.2 Å². The lowest BCUT2D eigenvalue weighted by molar-refractivity contribution is 0.491. The molecular weight excluding hydrogens is 364 g/mol. The normalized spacial score (nSPS) is 12.8. The molecule has 1 aromatic carbocycles. The van der Waals surface area contributed by atoms with E-state index in [1.165, 1.54) is 0 Å². The van der Waals surface area contributed by atoms with E-state index < -0.39 is 15.6 Å². The standard InChI is InChI=1S/C19H28N4O3S/c1-5-20-18(22-14-16-10-8-12-26-16)21-13-15-9-6-7-11-17(15)27(24,25)23-19(2,3)4/h6-12,23H,5,13-14H2,1-4H3,(H2,20,21,22). The maximum absolute atomic E-state index is 12.7. The summed E-state index contributed by atoms with van der Waals surface area (Å²) >= 11 is 0. The van der Waals surface area contributed by atoms with Crippen LogP contribution in [0.3, 0.4) is 0 Å². The zero-order valence-electron chi connectivity index (χ0n) is 16.2. The molecule has 0 saturated carbocycles. The second-order valence-electron chi connectivity index (χ2n) is 7.09. The van der Waals surface area contributed by atoms with Crippen LogP contribution in [-0.4, -0.2) is 26.5 Å². The zero-order valence-corrected chi connectivity index (χ0v) is 17.1. The average molecular weight is 393 g/mol. The van der Waals surface area contributed by atoms with Gasteiger partial charge in [-0.15, -0.1) is 0 Å². The molecule has 3 N–H and O–H groups in total. The van der Waals surface area contributed by atoms with Crippen LogP contribution in [-0.2, 0) is 23.1 Å². The second-order valence-corrected chi connectivity index (χ2v) is 8.74. The molecule has 0 aliphatic heterocycles. The molecule has 1 aromatic heterocycles. The first-order chi connectivity index (χ1) is 12.7. The molecule has 0 aliphatic rings. The molecule has 2 rings (SSSR count). The number of aliphatic imine (C=N–C) groups is 1. The van der Waals surface area contributed by atoms with Crippen LogP contribution in [0.15, 0.2) is 57.0 Å². The SMILES string of the molecule is CCNC(=NCc1ccccc1S(=O)(=O)NC(C)(C)C)NCc1ccco1. The molecule has 0 aliphatic carbocycles. The van der Waals surface area contributed by atoms with Crippen molar-refractivity contribution in [2.24, 2.45) is 4.99 Å². The van der Waals surface area contributed by atoms with Gasteiger partial charge in [-0.1, -0.05) is 18.2 Å². The Kier molecular flexibility index (Phi) is 7.04. The first-order valence-electron chi connectivity index (χ1n) is 8.88.